The first-order valence-electron chi connectivity index (χ1n) is 15.5. The van der Waals surface area contributed by atoms with E-state index < -0.39 is 15.9 Å². The van der Waals surface area contributed by atoms with Crippen molar-refractivity contribution in [1.82, 2.24) is 24.5 Å². The van der Waals surface area contributed by atoms with Crippen molar-refractivity contribution in [3.8, 4) is 11.7 Å². The molecular weight excluding hydrogens is 566 g/mol. The molecule has 1 unspecified atom stereocenters. The molecule has 0 aromatic carbocycles. The van der Waals surface area contributed by atoms with E-state index in [9.17, 15) is 13.2 Å². The maximum Gasteiger partial charge on any atom is 0.281 e. The number of carbonyl (C=O) groups excluding carboxylic acids is 1. The number of ether oxygens (including phenoxy) is 1. The van der Waals surface area contributed by atoms with E-state index in [2.05, 4.69) is 31.9 Å². The number of pyridine rings is 2. The molecule has 4 bridgehead atoms. The Balaban J connectivity index is 1.06. The second-order valence-corrected chi connectivity index (χ2v) is 14.7. The summed E-state index contributed by atoms with van der Waals surface area (Å²) in [5, 5.41) is 7.63. The maximum absolute atomic E-state index is 13.5. The van der Waals surface area contributed by atoms with Gasteiger partial charge in [0.25, 0.3) is 15.9 Å². The zero-order chi connectivity index (χ0) is 29.4. The molecule has 12 heteroatoms. The molecule has 5 heterocycles. The van der Waals surface area contributed by atoms with Gasteiger partial charge in [0.15, 0.2) is 10.8 Å². The van der Waals surface area contributed by atoms with Gasteiger partial charge in [-0.25, -0.2) is 19.4 Å². The quantitative estimate of drug-likeness (QED) is 0.441. The van der Waals surface area contributed by atoms with E-state index in [0.717, 1.165) is 38.1 Å². The molecule has 0 radical (unpaired) electrons. The first kappa shape index (κ1) is 26.9. The number of amides is 1. The van der Waals surface area contributed by atoms with Crippen LogP contribution >= 0.6 is 0 Å². The van der Waals surface area contributed by atoms with E-state index in [1.54, 1.807) is 28.9 Å². The van der Waals surface area contributed by atoms with E-state index in [0.29, 0.717) is 53.2 Å². The standard InChI is InChI=1S/C31H37N7O4S/c1-20-18-21-4-3-15-32-24-5-2-6-27(33-24)43(40,41)36-29(39)22-7-8-25(34-28(22)37(20)19-21)38-16-9-26(35-38)42-17-10-23-30(11-12-30)31(23)13-14-31/h2,5-9,16,20-21,23H,3-4,10-15,17-19H2,1H3,(H,32,33)(H,36,39)/t20?,21-/m0/s1. The first-order chi connectivity index (χ1) is 20.8. The Morgan fingerprint density at radius 2 is 1.88 bits per heavy atom. The molecular formula is C31H37N7O4S. The van der Waals surface area contributed by atoms with Crippen LogP contribution in [0.2, 0.25) is 0 Å². The largest absolute Gasteiger partial charge is 0.477 e. The van der Waals surface area contributed by atoms with Gasteiger partial charge in [0.2, 0.25) is 5.88 Å². The molecule has 5 aliphatic rings. The van der Waals surface area contributed by atoms with Crippen LogP contribution in [0.4, 0.5) is 11.6 Å². The number of fused-ring (bicyclic) bond motifs is 7. The monoisotopic (exact) mass is 603 g/mol. The molecule has 43 heavy (non-hydrogen) atoms. The van der Waals surface area contributed by atoms with Crippen LogP contribution in [0.3, 0.4) is 0 Å². The van der Waals surface area contributed by atoms with E-state index in [1.165, 1.54) is 31.7 Å². The van der Waals surface area contributed by atoms with Crippen molar-refractivity contribution in [2.24, 2.45) is 22.7 Å². The van der Waals surface area contributed by atoms with Crippen molar-refractivity contribution in [2.75, 3.05) is 29.9 Å². The van der Waals surface area contributed by atoms with Crippen LogP contribution in [0.25, 0.3) is 5.82 Å². The minimum atomic E-state index is -4.21. The van der Waals surface area contributed by atoms with E-state index in [4.69, 9.17) is 9.72 Å². The molecule has 3 aromatic heterocycles. The number of rotatable bonds is 5. The third-order valence-electron chi connectivity index (χ3n) is 10.6. The van der Waals surface area contributed by atoms with E-state index in [1.807, 2.05) is 12.3 Å². The fraction of sp³-hybridized carbons (Fsp3) is 0.548. The third kappa shape index (κ3) is 4.56. The van der Waals surface area contributed by atoms with Gasteiger partial charge in [-0.15, -0.1) is 5.10 Å². The molecule has 3 aromatic rings. The predicted molar refractivity (Wildman–Crippen MR) is 160 cm³/mol. The molecule has 2 N–H and O–H groups in total. The molecule has 3 saturated carbocycles. The van der Waals surface area contributed by atoms with Crippen molar-refractivity contribution < 1.29 is 17.9 Å². The topological polar surface area (TPSA) is 131 Å². The first-order valence-corrected chi connectivity index (χ1v) is 17.0. The zero-order valence-corrected chi connectivity index (χ0v) is 25.1. The minimum Gasteiger partial charge on any atom is -0.477 e. The number of sulfonamides is 1. The summed E-state index contributed by atoms with van der Waals surface area (Å²) in [4.78, 5) is 24.8. The highest BCUT2D eigenvalue weighted by atomic mass is 32.2. The highest BCUT2D eigenvalue weighted by Crippen LogP contribution is 2.93. The summed E-state index contributed by atoms with van der Waals surface area (Å²) in [7, 11) is -4.21. The van der Waals surface area contributed by atoms with E-state index in [-0.39, 0.29) is 16.6 Å². The molecule has 11 nitrogen and oxygen atoms in total. The second kappa shape index (κ2) is 9.67. The normalized spacial score (nSPS) is 26.2. The average molecular weight is 604 g/mol. The van der Waals surface area contributed by atoms with Gasteiger partial charge in [-0.2, -0.15) is 8.42 Å². The summed E-state index contributed by atoms with van der Waals surface area (Å²) in [5.74, 6) is 2.51. The van der Waals surface area contributed by atoms with Crippen molar-refractivity contribution >= 4 is 27.6 Å². The molecule has 4 fully saturated rings. The number of hydrogen-bond donors (Lipinski definition) is 2. The summed E-state index contributed by atoms with van der Waals surface area (Å²) in [6, 6.07) is 10.0. The summed E-state index contributed by atoms with van der Waals surface area (Å²) >= 11 is 0. The third-order valence-corrected chi connectivity index (χ3v) is 11.9. The SMILES string of the molecule is CC1C[C@@H]2CCCNc3cccc(n3)S(=O)(=O)NC(=O)c3ccc(-n4ccc(OCCC5C6(CC6)C56CC6)n4)nc3N1C2. The van der Waals surface area contributed by atoms with Gasteiger partial charge in [0.05, 0.1) is 12.2 Å². The second-order valence-electron chi connectivity index (χ2n) is 13.1. The Labute approximate surface area is 251 Å². The van der Waals surface area contributed by atoms with Crippen LogP contribution in [0.1, 0.15) is 68.6 Å². The lowest BCUT2D eigenvalue weighted by Crippen LogP contribution is -2.35. The minimum absolute atomic E-state index is 0.134. The number of anilines is 2. The molecule has 3 aliphatic carbocycles. The Hall–Kier alpha value is -3.67. The summed E-state index contributed by atoms with van der Waals surface area (Å²) in [6.45, 7) is 4.20. The number of nitrogens with zero attached hydrogens (tertiary/aromatic N) is 5. The van der Waals surface area contributed by atoms with Gasteiger partial charge < -0.3 is 15.0 Å². The van der Waals surface area contributed by atoms with Crippen LogP contribution in [0, 0.1) is 22.7 Å². The van der Waals surface area contributed by atoms with Crippen molar-refractivity contribution in [2.45, 2.75) is 69.4 Å². The van der Waals surface area contributed by atoms with Gasteiger partial charge in [0, 0.05) is 31.4 Å². The number of aromatic nitrogens is 4. The lowest BCUT2D eigenvalue weighted by Gasteiger charge is -2.25. The summed E-state index contributed by atoms with van der Waals surface area (Å²) < 4.78 is 36.3. The van der Waals surface area contributed by atoms with Crippen LogP contribution in [0.5, 0.6) is 5.88 Å². The van der Waals surface area contributed by atoms with Crippen molar-refractivity contribution in [1.29, 1.82) is 0 Å². The number of nitrogens with one attached hydrogen (secondary N) is 2. The van der Waals surface area contributed by atoms with E-state index >= 15 is 0 Å². The highest BCUT2D eigenvalue weighted by molar-refractivity contribution is 7.90. The number of hydrogen-bond acceptors (Lipinski definition) is 9. The van der Waals surface area contributed by atoms with Gasteiger partial charge in [-0.05, 0) is 105 Å². The Morgan fingerprint density at radius 1 is 1.07 bits per heavy atom. The molecule has 2 atom stereocenters. The molecule has 2 spiro atoms. The van der Waals surface area contributed by atoms with Crippen LogP contribution in [-0.4, -0.2) is 59.8 Å². The van der Waals surface area contributed by atoms with Gasteiger partial charge in [0.1, 0.15) is 11.6 Å². The fourth-order valence-electron chi connectivity index (χ4n) is 8.26. The Bertz CT molecular complexity index is 1680. The Morgan fingerprint density at radius 3 is 2.67 bits per heavy atom. The van der Waals surface area contributed by atoms with Gasteiger partial charge >= 0.3 is 0 Å². The smallest absolute Gasteiger partial charge is 0.281 e. The molecule has 8 rings (SSSR count). The predicted octanol–water partition coefficient (Wildman–Crippen LogP) is 4.16. The van der Waals surface area contributed by atoms with Crippen LogP contribution in [0.15, 0.2) is 47.6 Å². The van der Waals surface area contributed by atoms with Crippen LogP contribution < -0.4 is 19.7 Å². The maximum atomic E-state index is 13.5. The molecule has 1 amide bonds. The fourth-order valence-corrected chi connectivity index (χ4v) is 9.19. The lowest BCUT2D eigenvalue weighted by atomic mass is 10.0. The van der Waals surface area contributed by atoms with Crippen LogP contribution in [-0.2, 0) is 10.0 Å². The highest BCUT2D eigenvalue weighted by Gasteiger charge is 2.85. The molecule has 2 aliphatic heterocycles. The van der Waals surface area contributed by atoms with Gasteiger partial charge in [-0.1, -0.05) is 6.07 Å². The zero-order valence-electron chi connectivity index (χ0n) is 24.3. The lowest BCUT2D eigenvalue weighted by molar-refractivity contribution is 0.0981. The summed E-state index contributed by atoms with van der Waals surface area (Å²) in [6.07, 6.45) is 11.4. The molecule has 1 saturated heterocycles. The van der Waals surface area contributed by atoms with Crippen molar-refractivity contribution in [3.05, 3.63) is 48.2 Å². The molecule has 226 valence electrons. The number of carbonyl (C=O) groups is 1. The van der Waals surface area contributed by atoms with Crippen molar-refractivity contribution in [3.63, 3.8) is 0 Å². The Kier molecular flexibility index (Phi) is 6.05. The average Bonchev–Trinajstić information content (AvgIpc) is 3.94. The van der Waals surface area contributed by atoms with Gasteiger partial charge in [-0.3, -0.25) is 4.79 Å². The summed E-state index contributed by atoms with van der Waals surface area (Å²) in [5.41, 5.74) is 1.53.